The lowest BCUT2D eigenvalue weighted by atomic mass is 10.2. The summed E-state index contributed by atoms with van der Waals surface area (Å²) < 4.78 is 0. The van der Waals surface area contributed by atoms with E-state index in [2.05, 4.69) is 5.32 Å². The molecule has 104 valence electrons. The van der Waals surface area contributed by atoms with Crippen LogP contribution >= 0.6 is 12.4 Å². The summed E-state index contributed by atoms with van der Waals surface area (Å²) in [7, 11) is 0. The Hall–Kier alpha value is -0.810. The van der Waals surface area contributed by atoms with Crippen molar-refractivity contribution in [1.29, 1.82) is 0 Å². The SMILES string of the molecule is CC(=O)N1CCCN(C(=O)[C@@H]2CCCN2)CC1.Cl. The topological polar surface area (TPSA) is 52.7 Å². The summed E-state index contributed by atoms with van der Waals surface area (Å²) in [4.78, 5) is 27.2. The standard InChI is InChI=1S/C12H21N3O2.ClH/c1-10(16)14-6-3-7-15(9-8-14)12(17)11-4-2-5-13-11;/h11,13H,2-9H2,1H3;1H/t11-;/m0./s1. The smallest absolute Gasteiger partial charge is 0.239 e. The number of hydrogen-bond acceptors (Lipinski definition) is 3. The summed E-state index contributed by atoms with van der Waals surface area (Å²) in [6.07, 6.45) is 2.92. The first-order valence-electron chi connectivity index (χ1n) is 6.46. The van der Waals surface area contributed by atoms with Crippen molar-refractivity contribution in [1.82, 2.24) is 15.1 Å². The van der Waals surface area contributed by atoms with Crippen molar-refractivity contribution in [2.24, 2.45) is 0 Å². The number of hydrogen-bond donors (Lipinski definition) is 1. The minimum Gasteiger partial charge on any atom is -0.341 e. The highest BCUT2D eigenvalue weighted by Crippen LogP contribution is 2.11. The van der Waals surface area contributed by atoms with E-state index < -0.39 is 0 Å². The Morgan fingerprint density at radius 1 is 1.06 bits per heavy atom. The Bertz CT molecular complexity index is 306. The molecule has 18 heavy (non-hydrogen) atoms. The van der Waals surface area contributed by atoms with Gasteiger partial charge in [-0.2, -0.15) is 0 Å². The predicted octanol–water partition coefficient (Wildman–Crippen LogP) is 0.241. The van der Waals surface area contributed by atoms with Gasteiger partial charge in [0.25, 0.3) is 0 Å². The molecular weight excluding hydrogens is 254 g/mol. The van der Waals surface area contributed by atoms with E-state index in [0.717, 1.165) is 38.9 Å². The van der Waals surface area contributed by atoms with Crippen molar-refractivity contribution in [2.75, 3.05) is 32.7 Å². The minimum absolute atomic E-state index is 0. The molecule has 1 atom stereocenters. The predicted molar refractivity (Wildman–Crippen MR) is 71.7 cm³/mol. The molecule has 0 bridgehead atoms. The van der Waals surface area contributed by atoms with Gasteiger partial charge in [-0.1, -0.05) is 0 Å². The summed E-state index contributed by atoms with van der Waals surface area (Å²) in [6.45, 7) is 5.45. The van der Waals surface area contributed by atoms with Crippen LogP contribution in [0.3, 0.4) is 0 Å². The summed E-state index contributed by atoms with van der Waals surface area (Å²) in [5, 5.41) is 3.24. The largest absolute Gasteiger partial charge is 0.341 e. The lowest BCUT2D eigenvalue weighted by Gasteiger charge is -2.24. The van der Waals surface area contributed by atoms with E-state index >= 15 is 0 Å². The van der Waals surface area contributed by atoms with Crippen LogP contribution < -0.4 is 5.32 Å². The maximum atomic E-state index is 12.2. The maximum absolute atomic E-state index is 12.2. The Kier molecular flexibility index (Phi) is 5.88. The molecule has 2 saturated heterocycles. The molecule has 0 aromatic heterocycles. The Balaban J connectivity index is 0.00000162. The molecule has 0 aromatic carbocycles. The molecule has 5 nitrogen and oxygen atoms in total. The molecule has 2 aliphatic heterocycles. The van der Waals surface area contributed by atoms with Gasteiger partial charge in [-0.3, -0.25) is 9.59 Å². The van der Waals surface area contributed by atoms with Crippen molar-refractivity contribution in [3.05, 3.63) is 0 Å². The van der Waals surface area contributed by atoms with E-state index in [1.165, 1.54) is 0 Å². The lowest BCUT2D eigenvalue weighted by molar-refractivity contribution is -0.134. The van der Waals surface area contributed by atoms with Gasteiger partial charge in [-0.15, -0.1) is 12.4 Å². The van der Waals surface area contributed by atoms with Crippen LogP contribution in [0.5, 0.6) is 0 Å². The van der Waals surface area contributed by atoms with Gasteiger partial charge >= 0.3 is 0 Å². The van der Waals surface area contributed by atoms with Gasteiger partial charge in [0.1, 0.15) is 0 Å². The first-order chi connectivity index (χ1) is 8.18. The lowest BCUT2D eigenvalue weighted by Crippen LogP contribution is -2.45. The molecule has 0 unspecified atom stereocenters. The molecule has 2 aliphatic rings. The molecule has 2 amide bonds. The summed E-state index contributed by atoms with van der Waals surface area (Å²) >= 11 is 0. The van der Waals surface area contributed by atoms with Crippen molar-refractivity contribution in [3.8, 4) is 0 Å². The third kappa shape index (κ3) is 3.59. The summed E-state index contributed by atoms with van der Waals surface area (Å²) in [5.41, 5.74) is 0. The summed E-state index contributed by atoms with van der Waals surface area (Å²) in [5.74, 6) is 0.325. The molecular formula is C12H22ClN3O2. The number of carbonyl (C=O) groups excluding carboxylic acids is 2. The number of nitrogens with one attached hydrogen (secondary N) is 1. The molecule has 0 spiro atoms. The molecule has 0 saturated carbocycles. The molecule has 0 aliphatic carbocycles. The van der Waals surface area contributed by atoms with Gasteiger partial charge in [-0.25, -0.2) is 0 Å². The molecule has 2 rings (SSSR count). The van der Waals surface area contributed by atoms with Gasteiger partial charge in [0.2, 0.25) is 11.8 Å². The van der Waals surface area contributed by atoms with Crippen LogP contribution in [0.15, 0.2) is 0 Å². The van der Waals surface area contributed by atoms with Crippen molar-refractivity contribution in [3.63, 3.8) is 0 Å². The van der Waals surface area contributed by atoms with Gasteiger partial charge in [0.05, 0.1) is 6.04 Å². The van der Waals surface area contributed by atoms with Crippen LogP contribution in [0.4, 0.5) is 0 Å². The van der Waals surface area contributed by atoms with E-state index in [0.29, 0.717) is 13.1 Å². The van der Waals surface area contributed by atoms with E-state index in [9.17, 15) is 9.59 Å². The van der Waals surface area contributed by atoms with Crippen LogP contribution in [0.25, 0.3) is 0 Å². The first-order valence-corrected chi connectivity index (χ1v) is 6.46. The highest BCUT2D eigenvalue weighted by molar-refractivity contribution is 5.85. The fraction of sp³-hybridized carbons (Fsp3) is 0.833. The van der Waals surface area contributed by atoms with Gasteiger partial charge < -0.3 is 15.1 Å². The molecule has 0 aromatic rings. The molecule has 2 heterocycles. The average molecular weight is 276 g/mol. The highest BCUT2D eigenvalue weighted by atomic mass is 35.5. The zero-order valence-electron chi connectivity index (χ0n) is 10.9. The Morgan fingerprint density at radius 2 is 1.72 bits per heavy atom. The van der Waals surface area contributed by atoms with Gasteiger partial charge in [0.15, 0.2) is 0 Å². The second-order valence-corrected chi connectivity index (χ2v) is 4.83. The number of halogens is 1. The third-order valence-corrected chi connectivity index (χ3v) is 3.61. The number of nitrogens with zero attached hydrogens (tertiary/aromatic N) is 2. The fourth-order valence-electron chi connectivity index (χ4n) is 2.57. The highest BCUT2D eigenvalue weighted by Gasteiger charge is 2.28. The maximum Gasteiger partial charge on any atom is 0.239 e. The van der Waals surface area contributed by atoms with Gasteiger partial charge in [-0.05, 0) is 25.8 Å². The zero-order valence-corrected chi connectivity index (χ0v) is 11.7. The minimum atomic E-state index is 0. The quantitative estimate of drug-likeness (QED) is 0.746. The monoisotopic (exact) mass is 275 g/mol. The second-order valence-electron chi connectivity index (χ2n) is 4.83. The Morgan fingerprint density at radius 3 is 2.33 bits per heavy atom. The van der Waals surface area contributed by atoms with Crippen LogP contribution in [0.1, 0.15) is 26.2 Å². The average Bonchev–Trinajstić information content (AvgIpc) is 2.71. The number of amides is 2. The van der Waals surface area contributed by atoms with E-state index in [1.807, 2.05) is 9.80 Å². The number of carbonyl (C=O) groups is 2. The Labute approximate surface area is 114 Å². The molecule has 1 N–H and O–H groups in total. The van der Waals surface area contributed by atoms with Crippen molar-refractivity contribution < 1.29 is 9.59 Å². The van der Waals surface area contributed by atoms with Crippen LogP contribution in [0.2, 0.25) is 0 Å². The zero-order chi connectivity index (χ0) is 12.3. The second kappa shape index (κ2) is 6.95. The van der Waals surface area contributed by atoms with Crippen LogP contribution in [-0.2, 0) is 9.59 Å². The van der Waals surface area contributed by atoms with E-state index in [4.69, 9.17) is 0 Å². The fourth-order valence-corrected chi connectivity index (χ4v) is 2.57. The van der Waals surface area contributed by atoms with Crippen LogP contribution in [-0.4, -0.2) is 60.4 Å². The molecule has 2 fully saturated rings. The van der Waals surface area contributed by atoms with Crippen molar-refractivity contribution in [2.45, 2.75) is 32.2 Å². The summed E-state index contributed by atoms with van der Waals surface area (Å²) in [6, 6.07) is 0.0129. The normalized spacial score (nSPS) is 24.4. The van der Waals surface area contributed by atoms with Crippen LogP contribution in [0, 0.1) is 0 Å². The van der Waals surface area contributed by atoms with E-state index in [-0.39, 0.29) is 30.3 Å². The van der Waals surface area contributed by atoms with Crippen molar-refractivity contribution >= 4 is 24.2 Å². The molecule has 0 radical (unpaired) electrons. The van der Waals surface area contributed by atoms with Gasteiger partial charge in [0, 0.05) is 33.1 Å². The first kappa shape index (κ1) is 15.2. The van der Waals surface area contributed by atoms with E-state index in [1.54, 1.807) is 6.92 Å². The number of rotatable bonds is 1. The third-order valence-electron chi connectivity index (χ3n) is 3.61. The molecule has 6 heteroatoms.